The van der Waals surface area contributed by atoms with Crippen molar-refractivity contribution in [3.05, 3.63) is 70.7 Å². The molecule has 4 heteroatoms. The van der Waals surface area contributed by atoms with E-state index in [0.29, 0.717) is 12.3 Å². The number of fused-ring (bicyclic) bond motifs is 1. The molecule has 0 amide bonds. The van der Waals surface area contributed by atoms with Gasteiger partial charge in [-0.2, -0.15) is 5.06 Å². The Morgan fingerprint density at radius 2 is 1.75 bits per heavy atom. The zero-order valence-corrected chi connectivity index (χ0v) is 14.3. The Bertz CT molecular complexity index is 691. The van der Waals surface area contributed by atoms with Gasteiger partial charge in [-0.05, 0) is 42.5 Å². The third-order valence-corrected chi connectivity index (χ3v) is 5.46. The standard InChI is InChI=1S/C20H22ClNO2/c21-18-8-6-16(7-9-18)13-17(12-15-4-2-1-3-5-15)20-14-19(23)10-11-22(20)24-20/h1-9,17,19,23H,10-14H2. The number of hydrogen-bond donors (Lipinski definition) is 1. The molecule has 4 unspecified atom stereocenters. The summed E-state index contributed by atoms with van der Waals surface area (Å²) in [5.74, 6) is 0.302. The minimum Gasteiger partial charge on any atom is -0.393 e. The van der Waals surface area contributed by atoms with E-state index in [0.717, 1.165) is 30.8 Å². The molecule has 2 saturated heterocycles. The third kappa shape index (κ3) is 3.22. The molecule has 4 rings (SSSR count). The number of aliphatic hydroxyl groups excluding tert-OH is 1. The first-order valence-corrected chi connectivity index (χ1v) is 8.97. The van der Waals surface area contributed by atoms with E-state index in [4.69, 9.17) is 16.4 Å². The molecular formula is C20H22ClNO2. The van der Waals surface area contributed by atoms with Crippen molar-refractivity contribution in [2.24, 2.45) is 5.92 Å². The Labute approximate surface area is 147 Å². The molecule has 2 heterocycles. The Kier molecular flexibility index (Phi) is 4.35. The second-order valence-corrected chi connectivity index (χ2v) is 7.34. The fourth-order valence-corrected chi connectivity index (χ4v) is 4.02. The zero-order chi connectivity index (χ0) is 16.6. The number of aliphatic hydroxyl groups is 1. The predicted molar refractivity (Wildman–Crippen MR) is 94.6 cm³/mol. The van der Waals surface area contributed by atoms with E-state index in [9.17, 15) is 5.11 Å². The number of piperidine rings is 1. The van der Waals surface area contributed by atoms with Crippen LogP contribution in [-0.4, -0.2) is 28.5 Å². The maximum atomic E-state index is 10.2. The van der Waals surface area contributed by atoms with Crippen LogP contribution in [0, 0.1) is 5.92 Å². The highest BCUT2D eigenvalue weighted by Crippen LogP contribution is 2.50. The van der Waals surface area contributed by atoms with Gasteiger partial charge in [0.15, 0.2) is 5.72 Å². The molecule has 2 aromatic rings. The Hall–Kier alpha value is -1.39. The van der Waals surface area contributed by atoms with Gasteiger partial charge in [0.2, 0.25) is 0 Å². The van der Waals surface area contributed by atoms with Crippen LogP contribution in [0.15, 0.2) is 54.6 Å². The van der Waals surface area contributed by atoms with Crippen LogP contribution in [-0.2, 0) is 17.7 Å². The molecule has 4 atom stereocenters. The van der Waals surface area contributed by atoms with Gasteiger partial charge in [0.25, 0.3) is 0 Å². The van der Waals surface area contributed by atoms with Crippen molar-refractivity contribution in [2.45, 2.75) is 37.5 Å². The molecule has 0 bridgehead atoms. The molecule has 0 aliphatic carbocycles. The average Bonchev–Trinajstić information content (AvgIpc) is 3.32. The summed E-state index contributed by atoms with van der Waals surface area (Å²) in [7, 11) is 0. The van der Waals surface area contributed by atoms with Gasteiger partial charge in [0, 0.05) is 23.9 Å². The first-order chi connectivity index (χ1) is 11.7. The second kappa shape index (κ2) is 6.49. The lowest BCUT2D eigenvalue weighted by atomic mass is 9.81. The molecule has 0 spiro atoms. The second-order valence-electron chi connectivity index (χ2n) is 6.90. The summed E-state index contributed by atoms with van der Waals surface area (Å²) in [6.45, 7) is 0.813. The average molecular weight is 344 g/mol. The molecular weight excluding hydrogens is 322 g/mol. The van der Waals surface area contributed by atoms with Gasteiger partial charge >= 0.3 is 0 Å². The van der Waals surface area contributed by atoms with Crippen LogP contribution in [0.3, 0.4) is 0 Å². The van der Waals surface area contributed by atoms with E-state index in [2.05, 4.69) is 41.5 Å². The Balaban J connectivity index is 1.59. The summed E-state index contributed by atoms with van der Waals surface area (Å²) in [5, 5.41) is 13.0. The molecule has 0 saturated carbocycles. The van der Waals surface area contributed by atoms with Crippen molar-refractivity contribution in [1.29, 1.82) is 0 Å². The van der Waals surface area contributed by atoms with Gasteiger partial charge in [0.05, 0.1) is 6.10 Å². The van der Waals surface area contributed by atoms with Gasteiger partial charge in [0.1, 0.15) is 0 Å². The summed E-state index contributed by atoms with van der Waals surface area (Å²) in [6.07, 6.45) is 3.06. The SMILES string of the molecule is OC1CCN2OC2(C(Cc2ccccc2)Cc2ccc(Cl)cc2)C1. The number of nitrogens with zero attached hydrogens (tertiary/aromatic N) is 1. The van der Waals surface area contributed by atoms with E-state index in [1.165, 1.54) is 11.1 Å². The van der Waals surface area contributed by atoms with E-state index in [1.807, 2.05) is 18.2 Å². The molecule has 2 fully saturated rings. The highest BCUT2D eigenvalue weighted by atomic mass is 35.5. The lowest BCUT2D eigenvalue weighted by molar-refractivity contribution is 0.0760. The van der Waals surface area contributed by atoms with Crippen LogP contribution in [0.1, 0.15) is 24.0 Å². The van der Waals surface area contributed by atoms with Crippen LogP contribution in [0.2, 0.25) is 5.02 Å². The number of rotatable bonds is 5. The number of halogens is 1. The van der Waals surface area contributed by atoms with Crippen LogP contribution in [0.25, 0.3) is 0 Å². The lowest BCUT2D eigenvalue weighted by Crippen LogP contribution is -2.40. The Morgan fingerprint density at radius 3 is 2.46 bits per heavy atom. The largest absolute Gasteiger partial charge is 0.393 e. The molecule has 2 aliphatic rings. The fourth-order valence-electron chi connectivity index (χ4n) is 3.89. The van der Waals surface area contributed by atoms with Crippen molar-refractivity contribution < 1.29 is 9.94 Å². The molecule has 2 aromatic carbocycles. The fraction of sp³-hybridized carbons (Fsp3) is 0.400. The maximum absolute atomic E-state index is 10.2. The summed E-state index contributed by atoms with van der Waals surface area (Å²) in [4.78, 5) is 6.01. The first kappa shape index (κ1) is 16.1. The van der Waals surface area contributed by atoms with Crippen molar-refractivity contribution in [3.8, 4) is 0 Å². The molecule has 3 nitrogen and oxygen atoms in total. The third-order valence-electron chi connectivity index (χ3n) is 5.21. The van der Waals surface area contributed by atoms with Crippen LogP contribution < -0.4 is 0 Å². The molecule has 2 aliphatic heterocycles. The zero-order valence-electron chi connectivity index (χ0n) is 13.6. The van der Waals surface area contributed by atoms with E-state index < -0.39 is 0 Å². The number of benzene rings is 2. The summed E-state index contributed by atoms with van der Waals surface area (Å²) >= 11 is 6.02. The van der Waals surface area contributed by atoms with Gasteiger partial charge in [-0.15, -0.1) is 0 Å². The van der Waals surface area contributed by atoms with Crippen molar-refractivity contribution >= 4 is 11.6 Å². The normalized spacial score (nSPS) is 29.8. The minimum atomic E-state index is -0.312. The van der Waals surface area contributed by atoms with Crippen LogP contribution in [0.5, 0.6) is 0 Å². The van der Waals surface area contributed by atoms with Crippen molar-refractivity contribution in [2.75, 3.05) is 6.54 Å². The summed E-state index contributed by atoms with van der Waals surface area (Å²) in [5.41, 5.74) is 2.25. The van der Waals surface area contributed by atoms with Gasteiger partial charge in [-0.1, -0.05) is 54.1 Å². The first-order valence-electron chi connectivity index (χ1n) is 8.59. The van der Waals surface area contributed by atoms with Crippen molar-refractivity contribution in [3.63, 3.8) is 0 Å². The van der Waals surface area contributed by atoms with E-state index >= 15 is 0 Å². The maximum Gasteiger partial charge on any atom is 0.170 e. The summed E-state index contributed by atoms with van der Waals surface area (Å²) < 4.78 is 0. The molecule has 1 N–H and O–H groups in total. The monoisotopic (exact) mass is 343 g/mol. The smallest absolute Gasteiger partial charge is 0.170 e. The highest BCUT2D eigenvalue weighted by Gasteiger charge is 2.62. The van der Waals surface area contributed by atoms with E-state index in [1.54, 1.807) is 0 Å². The quantitative estimate of drug-likeness (QED) is 0.838. The Morgan fingerprint density at radius 1 is 1.08 bits per heavy atom. The highest BCUT2D eigenvalue weighted by molar-refractivity contribution is 6.30. The molecule has 24 heavy (non-hydrogen) atoms. The van der Waals surface area contributed by atoms with Crippen LogP contribution >= 0.6 is 11.6 Å². The van der Waals surface area contributed by atoms with Gasteiger partial charge < -0.3 is 5.11 Å². The minimum absolute atomic E-state index is 0.271. The lowest BCUT2D eigenvalue weighted by Gasteiger charge is -2.29. The van der Waals surface area contributed by atoms with Gasteiger partial charge in [-0.25, -0.2) is 0 Å². The molecule has 0 radical (unpaired) electrons. The van der Waals surface area contributed by atoms with Crippen LogP contribution in [0.4, 0.5) is 0 Å². The topological polar surface area (TPSA) is 35.8 Å². The molecule has 126 valence electrons. The molecule has 0 aromatic heterocycles. The number of hydrogen-bond acceptors (Lipinski definition) is 3. The predicted octanol–water partition coefficient (Wildman–Crippen LogP) is 3.84. The van der Waals surface area contributed by atoms with Gasteiger partial charge in [-0.3, -0.25) is 4.84 Å². The summed E-state index contributed by atoms with van der Waals surface area (Å²) in [6, 6.07) is 18.6. The number of hydroxylamine groups is 2. The van der Waals surface area contributed by atoms with E-state index in [-0.39, 0.29) is 11.8 Å². The van der Waals surface area contributed by atoms with Crippen molar-refractivity contribution in [1.82, 2.24) is 5.06 Å².